The summed E-state index contributed by atoms with van der Waals surface area (Å²) < 4.78 is 25.6. The van der Waals surface area contributed by atoms with E-state index in [0.29, 0.717) is 29.5 Å². The molecule has 28 heavy (non-hydrogen) atoms. The van der Waals surface area contributed by atoms with Gasteiger partial charge in [0.25, 0.3) is 5.91 Å². The topological polar surface area (TPSA) is 66.5 Å². The first-order valence-electron chi connectivity index (χ1n) is 9.49. The zero-order valence-corrected chi connectivity index (χ0v) is 18.1. The Morgan fingerprint density at radius 3 is 2.68 bits per heavy atom. The average molecular weight is 419 g/mol. The van der Waals surface area contributed by atoms with Crippen LogP contribution in [0.3, 0.4) is 0 Å². The Morgan fingerprint density at radius 1 is 1.25 bits per heavy atom. The highest BCUT2D eigenvalue weighted by Gasteiger charge is 2.28. The Bertz CT molecular complexity index is 973. The Morgan fingerprint density at radius 2 is 2.04 bits per heavy atom. The summed E-state index contributed by atoms with van der Waals surface area (Å²) in [6, 6.07) is 12.8. The molecule has 0 bridgehead atoms. The summed E-state index contributed by atoms with van der Waals surface area (Å²) in [6.45, 7) is 6.80. The molecular weight excluding hydrogens is 392 g/mol. The van der Waals surface area contributed by atoms with Crippen molar-refractivity contribution in [2.24, 2.45) is 0 Å². The van der Waals surface area contributed by atoms with Crippen molar-refractivity contribution < 1.29 is 13.2 Å². The number of nitrogens with one attached hydrogen (secondary N) is 1. The minimum atomic E-state index is -3.27. The molecule has 5 nitrogen and oxygen atoms in total. The van der Waals surface area contributed by atoms with Gasteiger partial charge in [-0.3, -0.25) is 9.10 Å². The van der Waals surface area contributed by atoms with E-state index in [1.165, 1.54) is 9.20 Å². The van der Waals surface area contributed by atoms with Crippen LogP contribution in [0.4, 0.5) is 11.4 Å². The van der Waals surface area contributed by atoms with Gasteiger partial charge < -0.3 is 5.32 Å². The molecule has 2 aromatic rings. The number of hydrogen-bond acceptors (Lipinski definition) is 4. The summed E-state index contributed by atoms with van der Waals surface area (Å²) in [7, 11) is -3.27. The molecule has 0 spiro atoms. The van der Waals surface area contributed by atoms with Crippen LogP contribution in [0.5, 0.6) is 0 Å². The van der Waals surface area contributed by atoms with Crippen LogP contribution < -0.4 is 9.62 Å². The lowest BCUT2D eigenvalue weighted by molar-refractivity contribution is 0.102. The fourth-order valence-corrected chi connectivity index (χ4v) is 5.67. The highest BCUT2D eigenvalue weighted by Crippen LogP contribution is 2.29. The zero-order chi connectivity index (χ0) is 20.3. The monoisotopic (exact) mass is 418 g/mol. The van der Waals surface area contributed by atoms with Gasteiger partial charge in [-0.05, 0) is 61.7 Å². The first-order valence-corrected chi connectivity index (χ1v) is 12.0. The number of aryl methyl sites for hydroxylation is 1. The Balaban J connectivity index is 1.76. The summed E-state index contributed by atoms with van der Waals surface area (Å²) in [4.78, 5) is 13.9. The number of hydrogen-bond donors (Lipinski definition) is 1. The van der Waals surface area contributed by atoms with Gasteiger partial charge in [-0.1, -0.05) is 19.9 Å². The van der Waals surface area contributed by atoms with Gasteiger partial charge in [0.05, 0.1) is 11.4 Å². The highest BCUT2D eigenvalue weighted by molar-refractivity contribution is 8.00. The SMILES string of the molecule is CCC(C)Sc1ccc(NC(=O)c2cccc(N3CCCS3(=O)=O)c2)c(C)c1. The van der Waals surface area contributed by atoms with Gasteiger partial charge in [-0.2, -0.15) is 0 Å². The van der Waals surface area contributed by atoms with Crippen LogP contribution in [0.2, 0.25) is 0 Å². The summed E-state index contributed by atoms with van der Waals surface area (Å²) in [5, 5.41) is 3.49. The van der Waals surface area contributed by atoms with Crippen molar-refractivity contribution in [1.82, 2.24) is 0 Å². The number of carbonyl (C=O) groups is 1. The number of rotatable bonds is 6. The number of thioether (sulfide) groups is 1. The molecule has 1 aliphatic heterocycles. The lowest BCUT2D eigenvalue weighted by Crippen LogP contribution is -2.25. The van der Waals surface area contributed by atoms with Crippen LogP contribution in [0.15, 0.2) is 47.4 Å². The quantitative estimate of drug-likeness (QED) is 0.692. The van der Waals surface area contributed by atoms with Gasteiger partial charge in [0.1, 0.15) is 0 Å². The van der Waals surface area contributed by atoms with E-state index in [1.807, 2.05) is 30.8 Å². The number of amides is 1. The minimum Gasteiger partial charge on any atom is -0.322 e. The van der Waals surface area contributed by atoms with Crippen molar-refractivity contribution in [2.75, 3.05) is 21.9 Å². The van der Waals surface area contributed by atoms with Crippen LogP contribution >= 0.6 is 11.8 Å². The van der Waals surface area contributed by atoms with Crippen molar-refractivity contribution in [3.8, 4) is 0 Å². The maximum atomic E-state index is 12.7. The van der Waals surface area contributed by atoms with E-state index >= 15 is 0 Å². The third-order valence-corrected chi connectivity index (χ3v) is 7.99. The first-order chi connectivity index (χ1) is 13.3. The highest BCUT2D eigenvalue weighted by atomic mass is 32.2. The predicted molar refractivity (Wildman–Crippen MR) is 117 cm³/mol. The number of benzene rings is 2. The normalized spacial score (nSPS) is 16.8. The van der Waals surface area contributed by atoms with Gasteiger partial charge in [0, 0.05) is 27.9 Å². The van der Waals surface area contributed by atoms with Crippen LogP contribution in [0, 0.1) is 6.92 Å². The Labute approximate surface area is 171 Å². The first kappa shape index (κ1) is 20.7. The van der Waals surface area contributed by atoms with Crippen molar-refractivity contribution in [1.29, 1.82) is 0 Å². The van der Waals surface area contributed by atoms with Gasteiger partial charge in [-0.15, -0.1) is 11.8 Å². The third-order valence-electron chi connectivity index (χ3n) is 4.85. The van der Waals surface area contributed by atoms with Crippen LogP contribution in [-0.4, -0.2) is 31.9 Å². The average Bonchev–Trinajstić information content (AvgIpc) is 3.03. The maximum Gasteiger partial charge on any atom is 0.255 e. The van der Waals surface area contributed by atoms with Crippen molar-refractivity contribution in [3.05, 3.63) is 53.6 Å². The van der Waals surface area contributed by atoms with Gasteiger partial charge in [0.15, 0.2) is 0 Å². The molecular formula is C21H26N2O3S2. The van der Waals surface area contributed by atoms with Crippen LogP contribution in [0.25, 0.3) is 0 Å². The van der Waals surface area contributed by atoms with E-state index in [2.05, 4.69) is 25.2 Å². The van der Waals surface area contributed by atoms with Crippen LogP contribution in [0.1, 0.15) is 42.6 Å². The standard InChI is InChI=1S/C21H26N2O3S2/c1-4-16(3)27-19-9-10-20(15(2)13-19)22-21(24)17-7-5-8-18(14-17)23-11-6-12-28(23,25)26/h5,7-10,13-14,16H,4,6,11-12H2,1-3H3,(H,22,24). The van der Waals surface area contributed by atoms with E-state index in [0.717, 1.165) is 17.7 Å². The molecule has 1 N–H and O–H groups in total. The van der Waals surface area contributed by atoms with Gasteiger partial charge in [-0.25, -0.2) is 8.42 Å². The van der Waals surface area contributed by atoms with Crippen LogP contribution in [-0.2, 0) is 10.0 Å². The minimum absolute atomic E-state index is 0.156. The van der Waals surface area contributed by atoms with E-state index < -0.39 is 10.0 Å². The summed E-state index contributed by atoms with van der Waals surface area (Å²) >= 11 is 1.82. The molecule has 0 aliphatic carbocycles. The molecule has 1 amide bonds. The summed E-state index contributed by atoms with van der Waals surface area (Å²) in [5.74, 6) is -0.0900. The lowest BCUT2D eigenvalue weighted by atomic mass is 10.1. The maximum absolute atomic E-state index is 12.7. The van der Waals surface area contributed by atoms with Crippen molar-refractivity contribution in [2.45, 2.75) is 43.8 Å². The van der Waals surface area contributed by atoms with E-state index in [1.54, 1.807) is 24.3 Å². The molecule has 7 heteroatoms. The largest absolute Gasteiger partial charge is 0.322 e. The molecule has 1 aliphatic rings. The Hall–Kier alpha value is -1.99. The fraction of sp³-hybridized carbons (Fsp3) is 0.381. The van der Waals surface area contributed by atoms with Gasteiger partial charge in [0.2, 0.25) is 10.0 Å². The summed E-state index contributed by atoms with van der Waals surface area (Å²) in [5.41, 5.74) is 2.75. The van der Waals surface area contributed by atoms with E-state index in [9.17, 15) is 13.2 Å². The number of anilines is 2. The second-order valence-corrected chi connectivity index (χ2v) is 10.6. The second-order valence-electron chi connectivity index (χ2n) is 7.06. The van der Waals surface area contributed by atoms with Crippen molar-refractivity contribution >= 4 is 39.1 Å². The predicted octanol–water partition coefficient (Wildman–Crippen LogP) is 4.68. The third kappa shape index (κ3) is 4.70. The molecule has 1 atom stereocenters. The molecule has 1 unspecified atom stereocenters. The van der Waals surface area contributed by atoms with Gasteiger partial charge >= 0.3 is 0 Å². The second kappa shape index (κ2) is 8.57. The number of carbonyl (C=O) groups excluding carboxylic acids is 1. The Kier molecular flexibility index (Phi) is 6.35. The zero-order valence-electron chi connectivity index (χ0n) is 16.4. The summed E-state index contributed by atoms with van der Waals surface area (Å²) in [6.07, 6.45) is 1.71. The molecule has 1 heterocycles. The molecule has 0 aromatic heterocycles. The van der Waals surface area contributed by atoms with E-state index in [4.69, 9.17) is 0 Å². The number of nitrogens with zero attached hydrogens (tertiary/aromatic N) is 1. The smallest absolute Gasteiger partial charge is 0.255 e. The molecule has 3 rings (SSSR count). The molecule has 0 radical (unpaired) electrons. The van der Waals surface area contributed by atoms with E-state index in [-0.39, 0.29) is 11.7 Å². The van der Waals surface area contributed by atoms with Crippen molar-refractivity contribution in [3.63, 3.8) is 0 Å². The lowest BCUT2D eigenvalue weighted by Gasteiger charge is -2.18. The molecule has 0 saturated carbocycles. The molecule has 1 fully saturated rings. The number of sulfonamides is 1. The fourth-order valence-electron chi connectivity index (χ4n) is 3.09. The molecule has 150 valence electrons. The molecule has 2 aromatic carbocycles. The molecule has 1 saturated heterocycles.